The Morgan fingerprint density at radius 1 is 0.328 bits per heavy atom. The fourth-order valence-electron chi connectivity index (χ4n) is 11.0. The summed E-state index contributed by atoms with van der Waals surface area (Å²) < 4.78 is 64.0. The molecule has 0 saturated heterocycles. The first kappa shape index (κ1) is 112. The van der Waals surface area contributed by atoms with Crippen LogP contribution in [0.25, 0.3) is 10.8 Å². The van der Waals surface area contributed by atoms with Crippen LogP contribution in [-0.4, -0.2) is 120 Å². The summed E-state index contributed by atoms with van der Waals surface area (Å²) in [6.45, 7) is 58.5. The Kier molecular flexibility index (Phi) is 49.1. The number of nitrogens with zero attached hydrogens (tertiary/aromatic N) is 1. The summed E-state index contributed by atoms with van der Waals surface area (Å²) in [6, 6.07) is 62.6. The number of pyridine rings is 1. The maximum atomic E-state index is 12.7. The molecule has 17 nitrogen and oxygen atoms in total. The SMILES string of the molecule is CC(C)(C)CNc1ccc(Br)cn1.CC(C)(C)CNc1ccc(F)cc1.CC(C)(C)CNc1cccc(F)c1.CC(C)CNc1cccc2ccccc12.COc1ccc(NCC(C)(C)C)c(OC)c1OC.COc1ccc(NCC(C)(C)C)cc1CNc1cc(OC)c(OC)c(OC)c1.CSc1ccc(NCC(C)(C)C)cc1.CSc1cccc(NCC(C)(C)C)c1. The highest BCUT2D eigenvalue weighted by Gasteiger charge is 2.21. The van der Waals surface area contributed by atoms with Gasteiger partial charge in [0.05, 0.1) is 55.5 Å². The molecule has 9 aromatic carbocycles. The number of fused-ring (bicyclic) bond motifs is 1. The number of hydrogen-bond acceptors (Lipinski definition) is 19. The van der Waals surface area contributed by atoms with Crippen molar-refractivity contribution in [3.05, 3.63) is 222 Å². The van der Waals surface area contributed by atoms with Crippen molar-refractivity contribution < 1.29 is 41.9 Å². The molecule has 0 aliphatic carbocycles. The van der Waals surface area contributed by atoms with Gasteiger partial charge in [-0.1, -0.05) is 208 Å². The van der Waals surface area contributed by atoms with Gasteiger partial charge >= 0.3 is 0 Å². The summed E-state index contributed by atoms with van der Waals surface area (Å²) in [7, 11) is 11.3. The Hall–Kier alpha value is -9.77. The van der Waals surface area contributed by atoms with Gasteiger partial charge in [0.25, 0.3) is 0 Å². The van der Waals surface area contributed by atoms with Crippen molar-refractivity contribution in [3.8, 4) is 40.2 Å². The minimum atomic E-state index is -0.195. The monoisotopic (exact) mass is 1860 g/mol. The van der Waals surface area contributed by atoms with Crippen molar-refractivity contribution >= 4 is 102 Å². The lowest BCUT2D eigenvalue weighted by Crippen LogP contribution is -2.19. The van der Waals surface area contributed by atoms with Crippen LogP contribution in [0.3, 0.4) is 0 Å². The summed E-state index contributed by atoms with van der Waals surface area (Å²) in [5.74, 6) is 5.77. The van der Waals surface area contributed by atoms with Gasteiger partial charge in [0.2, 0.25) is 11.5 Å². The summed E-state index contributed by atoms with van der Waals surface area (Å²) in [5.41, 5.74) is 11.2. The zero-order valence-electron chi connectivity index (χ0n) is 83.2. The zero-order chi connectivity index (χ0) is 96.1. The highest BCUT2D eigenvalue weighted by molar-refractivity contribution is 9.10. The van der Waals surface area contributed by atoms with Crippen LogP contribution in [0.2, 0.25) is 0 Å². The van der Waals surface area contributed by atoms with Gasteiger partial charge < -0.3 is 81.0 Å². The molecule has 0 saturated carbocycles. The first-order chi connectivity index (χ1) is 59.9. The van der Waals surface area contributed by atoms with E-state index in [4.69, 9.17) is 33.2 Å². The van der Waals surface area contributed by atoms with Crippen LogP contribution >= 0.6 is 39.5 Å². The molecule has 1 heterocycles. The Balaban J connectivity index is 0.000000383. The van der Waals surface area contributed by atoms with E-state index in [-0.39, 0.29) is 38.7 Å². The maximum Gasteiger partial charge on any atom is 0.205 e. The van der Waals surface area contributed by atoms with E-state index in [1.165, 1.54) is 61.9 Å². The fourth-order valence-corrected chi connectivity index (χ4v) is 12.1. The van der Waals surface area contributed by atoms with Crippen LogP contribution in [0.4, 0.5) is 60.1 Å². The van der Waals surface area contributed by atoms with E-state index in [2.05, 4.69) is 338 Å². The third-order valence-corrected chi connectivity index (χ3v) is 19.8. The van der Waals surface area contributed by atoms with E-state index in [9.17, 15) is 8.78 Å². The maximum absolute atomic E-state index is 12.7. The number of anilines is 9. The number of thioether (sulfide) groups is 2. The molecule has 0 fully saturated rings. The Labute approximate surface area is 787 Å². The van der Waals surface area contributed by atoms with Crippen LogP contribution < -0.4 is 81.0 Å². The lowest BCUT2D eigenvalue weighted by molar-refractivity contribution is 0.324. The lowest BCUT2D eigenvalue weighted by Gasteiger charge is -2.22. The van der Waals surface area contributed by atoms with Crippen molar-refractivity contribution in [3.63, 3.8) is 0 Å². The van der Waals surface area contributed by atoms with Gasteiger partial charge in [-0.25, -0.2) is 13.8 Å². The van der Waals surface area contributed by atoms with Crippen molar-refractivity contribution in [2.45, 2.75) is 176 Å². The highest BCUT2D eigenvalue weighted by atomic mass is 79.9. The number of nitrogens with one attached hydrogen (secondary N) is 9. The first-order valence-corrected chi connectivity index (χ1v) is 47.0. The zero-order valence-corrected chi connectivity index (χ0v) is 86.5. The fraction of sp³-hybridized carbons (Fsp3) is 0.462. The number of methoxy groups -OCH3 is 7. The van der Waals surface area contributed by atoms with E-state index in [0.717, 1.165) is 102 Å². The molecule has 128 heavy (non-hydrogen) atoms. The normalized spacial score (nSPS) is 11.2. The Morgan fingerprint density at radius 2 is 0.750 bits per heavy atom. The van der Waals surface area contributed by atoms with Crippen LogP contribution in [0.15, 0.2) is 215 Å². The topological polar surface area (TPSA) is 186 Å². The van der Waals surface area contributed by atoms with Gasteiger partial charge in [0, 0.05) is 142 Å². The van der Waals surface area contributed by atoms with E-state index in [0.29, 0.717) is 57.8 Å². The van der Waals surface area contributed by atoms with Gasteiger partial charge in [0.1, 0.15) is 23.2 Å². The van der Waals surface area contributed by atoms with E-state index in [1.807, 2.05) is 54.6 Å². The van der Waals surface area contributed by atoms with Gasteiger partial charge in [-0.2, -0.15) is 0 Å². The Morgan fingerprint density at radius 3 is 1.20 bits per heavy atom. The summed E-state index contributed by atoms with van der Waals surface area (Å²) >= 11 is 6.90. The summed E-state index contributed by atoms with van der Waals surface area (Å²) in [5, 5.41) is 32.9. The average Bonchev–Trinajstić information content (AvgIpc) is 0.805. The molecule has 0 amide bonds. The molecule has 0 bridgehead atoms. The molecule has 9 N–H and O–H groups in total. The summed E-state index contributed by atoms with van der Waals surface area (Å²) in [4.78, 5) is 6.84. The third-order valence-electron chi connectivity index (χ3n) is 17.9. The standard InChI is InChI=1S/C22H32N2O4.C14H23NO3.C14H17N.2C12H19NS.2C11H16FN.C10H15BrN2/c1-22(2,3)14-24-16-8-9-18(25-4)15(10-16)13-23-17-11-19(26-5)21(28-7)20(12-17)27-6;1-14(2,3)9-15-10-7-8-11(16-4)13(18-6)12(10)17-5;1-11(2)10-15-14-9-5-7-12-6-3-4-8-13(12)14;1-12(2,3)9-13-10-5-7-11(14-4)8-6-10;1-12(2,3)9-13-10-6-5-7-11(8-10)14-4;1-11(2,3)8-13-10-6-4-9(12)5-7-10;1-11(2,3)8-13-10-6-4-5-9(12)7-10;1-10(2,3)7-13-9-5-4-8(11)6-12-9/h8-12,23-24H,13-14H2,1-7H3;7-8,15H,9H2,1-6H3;3-9,11,15H,10H2,1-2H3;2*5-8,13H,9H2,1-4H3;2*4-7,13H,8H2,1-3H3;4-6H,7H2,1-3H3,(H,12,13). The van der Waals surface area contributed by atoms with E-state index in [1.54, 1.807) is 97.7 Å². The minimum Gasteiger partial charge on any atom is -0.496 e. The Bertz CT molecular complexity index is 4680. The number of aromatic nitrogens is 1. The van der Waals surface area contributed by atoms with Gasteiger partial charge in [0.15, 0.2) is 23.0 Å². The molecule has 0 radical (unpaired) electrons. The molecule has 0 unspecified atom stereocenters. The van der Waals surface area contributed by atoms with Gasteiger partial charge in [-0.15, -0.1) is 23.5 Å². The molecule has 10 aromatic rings. The third kappa shape index (κ3) is 49.1. The number of benzene rings is 9. The van der Waals surface area contributed by atoms with Crippen LogP contribution in [0, 0.1) is 55.5 Å². The molecular weight excluding hydrogens is 1710 g/mol. The molecule has 0 atom stereocenters. The molecular formula is C106H157BrF2N10O7S2. The molecule has 706 valence electrons. The van der Waals surface area contributed by atoms with Crippen molar-refractivity contribution in [2.24, 2.45) is 43.8 Å². The molecule has 0 spiro atoms. The van der Waals surface area contributed by atoms with E-state index < -0.39 is 0 Å². The molecule has 1 aromatic heterocycles. The first-order valence-electron chi connectivity index (χ1n) is 43.7. The highest BCUT2D eigenvalue weighted by Crippen LogP contribution is 2.44. The van der Waals surface area contributed by atoms with Gasteiger partial charge in [-0.3, -0.25) is 0 Å². The van der Waals surface area contributed by atoms with Crippen molar-refractivity contribution in [2.75, 3.05) is 162 Å². The second kappa shape index (κ2) is 56.0. The molecule has 0 aliphatic rings. The predicted molar refractivity (Wildman–Crippen MR) is 557 cm³/mol. The van der Waals surface area contributed by atoms with Crippen molar-refractivity contribution in [1.82, 2.24) is 4.98 Å². The number of ether oxygens (including phenoxy) is 7. The van der Waals surface area contributed by atoms with Gasteiger partial charge in [-0.05, 0) is 211 Å². The quantitative estimate of drug-likeness (QED) is 0.0201. The number of rotatable bonds is 29. The average molecular weight is 1870 g/mol. The smallest absolute Gasteiger partial charge is 0.205 e. The second-order valence-corrected chi connectivity index (χ2v) is 42.4. The van der Waals surface area contributed by atoms with Crippen molar-refractivity contribution in [1.29, 1.82) is 0 Å². The minimum absolute atomic E-state index is 0.193. The molecule has 10 rings (SSSR count). The van der Waals surface area contributed by atoms with Crippen LogP contribution in [-0.2, 0) is 6.54 Å². The number of hydrogen-bond donors (Lipinski definition) is 9. The summed E-state index contributed by atoms with van der Waals surface area (Å²) in [6.07, 6.45) is 5.99. The lowest BCUT2D eigenvalue weighted by atomic mass is 9.97. The molecule has 22 heteroatoms. The van der Waals surface area contributed by atoms with Crippen LogP contribution in [0.1, 0.15) is 165 Å². The van der Waals surface area contributed by atoms with E-state index >= 15 is 0 Å². The number of halogens is 3. The molecule has 0 aliphatic heterocycles. The second-order valence-electron chi connectivity index (χ2n) is 39.7. The predicted octanol–water partition coefficient (Wildman–Crippen LogP) is 29.5. The van der Waals surface area contributed by atoms with Crippen LogP contribution in [0.5, 0.6) is 40.2 Å². The largest absolute Gasteiger partial charge is 0.496 e.